The Balaban J connectivity index is 1.75. The Morgan fingerprint density at radius 1 is 1.26 bits per heavy atom. The van der Waals surface area contributed by atoms with Crippen molar-refractivity contribution >= 4 is 11.6 Å². The molecule has 3 fully saturated rings. The Labute approximate surface area is 117 Å². The molecule has 5 atom stereocenters. The molecule has 3 aliphatic rings. The third-order valence-corrected chi connectivity index (χ3v) is 6.12. The van der Waals surface area contributed by atoms with Gasteiger partial charge in [-0.25, -0.2) is 4.39 Å². The molecule has 0 aromatic heterocycles. The molecule has 2 bridgehead atoms. The molecular weight excluding hydrogens is 263 g/mol. The van der Waals surface area contributed by atoms with Crippen LogP contribution in [0.15, 0.2) is 18.2 Å². The van der Waals surface area contributed by atoms with Gasteiger partial charge in [0.05, 0.1) is 5.60 Å². The zero-order valence-corrected chi connectivity index (χ0v) is 11.5. The molecule has 4 rings (SSSR count). The van der Waals surface area contributed by atoms with E-state index in [-0.39, 0.29) is 11.7 Å². The summed E-state index contributed by atoms with van der Waals surface area (Å²) in [6.45, 7) is 0. The van der Waals surface area contributed by atoms with Gasteiger partial charge in [0, 0.05) is 10.6 Å². The van der Waals surface area contributed by atoms with Crippen LogP contribution in [-0.2, 0) is 5.60 Å². The quantitative estimate of drug-likeness (QED) is 0.820. The lowest BCUT2D eigenvalue weighted by molar-refractivity contribution is -0.0537. The molecule has 1 nitrogen and oxygen atoms in total. The highest BCUT2D eigenvalue weighted by Crippen LogP contribution is 2.65. The van der Waals surface area contributed by atoms with Gasteiger partial charge in [0.15, 0.2) is 0 Å². The molecule has 19 heavy (non-hydrogen) atoms. The smallest absolute Gasteiger partial charge is 0.130 e. The molecule has 3 saturated carbocycles. The molecular formula is C16H18ClFO. The van der Waals surface area contributed by atoms with E-state index in [0.717, 1.165) is 18.8 Å². The first-order valence-corrected chi connectivity index (χ1v) is 7.65. The first kappa shape index (κ1) is 12.2. The fourth-order valence-electron chi connectivity index (χ4n) is 5.26. The standard InChI is InChI=1S/C16H18ClFO/c17-10-4-5-13(15(18)7-10)16(19)8-9-6-14(16)12-3-1-2-11(9)12/h4-5,7,9,11-12,14,19H,1-3,6,8H2. The first-order chi connectivity index (χ1) is 9.09. The minimum absolute atomic E-state index is 0.251. The number of rotatable bonds is 1. The summed E-state index contributed by atoms with van der Waals surface area (Å²) in [7, 11) is 0. The Morgan fingerprint density at radius 2 is 2.05 bits per heavy atom. The van der Waals surface area contributed by atoms with E-state index < -0.39 is 5.60 Å². The van der Waals surface area contributed by atoms with E-state index in [1.807, 2.05) is 0 Å². The second-order valence-electron chi connectivity index (χ2n) is 6.61. The summed E-state index contributed by atoms with van der Waals surface area (Å²) in [6.07, 6.45) is 5.61. The van der Waals surface area contributed by atoms with Crippen molar-refractivity contribution in [3.8, 4) is 0 Å². The fourth-order valence-corrected chi connectivity index (χ4v) is 5.42. The Morgan fingerprint density at radius 3 is 2.84 bits per heavy atom. The van der Waals surface area contributed by atoms with Gasteiger partial charge in [-0.1, -0.05) is 24.1 Å². The highest BCUT2D eigenvalue weighted by atomic mass is 35.5. The van der Waals surface area contributed by atoms with Crippen molar-refractivity contribution in [2.75, 3.05) is 0 Å². The predicted molar refractivity (Wildman–Crippen MR) is 72.4 cm³/mol. The van der Waals surface area contributed by atoms with Crippen LogP contribution in [0.1, 0.15) is 37.7 Å². The molecule has 102 valence electrons. The SMILES string of the molecule is OC1(c2ccc(Cl)cc2F)CC2CC1C1CCCC21. The van der Waals surface area contributed by atoms with Gasteiger partial charge >= 0.3 is 0 Å². The number of halogens is 2. The Kier molecular flexibility index (Phi) is 2.53. The molecule has 0 saturated heterocycles. The van der Waals surface area contributed by atoms with Crippen LogP contribution in [0.2, 0.25) is 5.02 Å². The summed E-state index contributed by atoms with van der Waals surface area (Å²) >= 11 is 5.82. The van der Waals surface area contributed by atoms with Crippen molar-refractivity contribution in [2.24, 2.45) is 23.7 Å². The van der Waals surface area contributed by atoms with E-state index in [2.05, 4.69) is 0 Å². The number of aliphatic hydroxyl groups is 1. The summed E-state index contributed by atoms with van der Waals surface area (Å²) in [5.74, 6) is 1.90. The van der Waals surface area contributed by atoms with E-state index in [1.54, 1.807) is 12.1 Å². The van der Waals surface area contributed by atoms with Gasteiger partial charge in [-0.3, -0.25) is 0 Å². The lowest BCUT2D eigenvalue weighted by Gasteiger charge is -2.39. The van der Waals surface area contributed by atoms with Crippen molar-refractivity contribution in [1.29, 1.82) is 0 Å². The van der Waals surface area contributed by atoms with Crippen molar-refractivity contribution < 1.29 is 9.50 Å². The summed E-state index contributed by atoms with van der Waals surface area (Å²) in [5.41, 5.74) is -0.486. The number of benzene rings is 1. The maximum atomic E-state index is 14.2. The number of fused-ring (bicyclic) bond motifs is 5. The van der Waals surface area contributed by atoms with Crippen LogP contribution < -0.4 is 0 Å². The normalized spacial score (nSPS) is 43.7. The summed E-state index contributed by atoms with van der Waals surface area (Å²) in [5, 5.41) is 11.5. The second-order valence-corrected chi connectivity index (χ2v) is 7.05. The van der Waals surface area contributed by atoms with Crippen LogP contribution in [-0.4, -0.2) is 5.11 Å². The molecule has 1 aromatic rings. The largest absolute Gasteiger partial charge is 0.385 e. The molecule has 5 unspecified atom stereocenters. The Hall–Kier alpha value is -0.600. The van der Waals surface area contributed by atoms with Gasteiger partial charge in [-0.05, 0) is 61.5 Å². The van der Waals surface area contributed by atoms with Crippen molar-refractivity contribution in [3.63, 3.8) is 0 Å². The molecule has 0 aliphatic heterocycles. The van der Waals surface area contributed by atoms with Crippen LogP contribution in [0.25, 0.3) is 0 Å². The third-order valence-electron chi connectivity index (χ3n) is 5.89. The van der Waals surface area contributed by atoms with E-state index in [9.17, 15) is 9.50 Å². The minimum atomic E-state index is -0.954. The van der Waals surface area contributed by atoms with Crippen LogP contribution in [0.4, 0.5) is 4.39 Å². The number of hydrogen-bond acceptors (Lipinski definition) is 1. The highest BCUT2D eigenvalue weighted by molar-refractivity contribution is 6.30. The van der Waals surface area contributed by atoms with Crippen LogP contribution >= 0.6 is 11.6 Å². The summed E-state index contributed by atoms with van der Waals surface area (Å²) in [4.78, 5) is 0. The number of hydrogen-bond donors (Lipinski definition) is 1. The van der Waals surface area contributed by atoms with Gasteiger partial charge in [0.25, 0.3) is 0 Å². The van der Waals surface area contributed by atoms with Crippen LogP contribution in [0.3, 0.4) is 0 Å². The van der Waals surface area contributed by atoms with Crippen molar-refractivity contribution in [2.45, 2.75) is 37.7 Å². The first-order valence-electron chi connectivity index (χ1n) is 7.27. The highest BCUT2D eigenvalue weighted by Gasteiger charge is 2.61. The van der Waals surface area contributed by atoms with Gasteiger partial charge < -0.3 is 5.11 Å². The van der Waals surface area contributed by atoms with E-state index in [4.69, 9.17) is 11.6 Å². The molecule has 1 N–H and O–H groups in total. The molecule has 3 heteroatoms. The second kappa shape index (κ2) is 3.95. The topological polar surface area (TPSA) is 20.2 Å². The lowest BCUT2D eigenvalue weighted by Crippen LogP contribution is -2.39. The molecule has 0 spiro atoms. The van der Waals surface area contributed by atoms with Crippen LogP contribution in [0.5, 0.6) is 0 Å². The maximum absolute atomic E-state index is 14.2. The van der Waals surface area contributed by atoms with Gasteiger partial charge in [-0.15, -0.1) is 0 Å². The molecule has 3 aliphatic carbocycles. The third kappa shape index (κ3) is 1.56. The molecule has 1 aromatic carbocycles. The molecule has 0 radical (unpaired) electrons. The maximum Gasteiger partial charge on any atom is 0.130 e. The van der Waals surface area contributed by atoms with Crippen molar-refractivity contribution in [3.05, 3.63) is 34.6 Å². The zero-order valence-electron chi connectivity index (χ0n) is 10.8. The van der Waals surface area contributed by atoms with Gasteiger partial charge in [0.1, 0.15) is 5.82 Å². The summed E-state index contributed by atoms with van der Waals surface area (Å²) in [6, 6.07) is 4.70. The average molecular weight is 281 g/mol. The van der Waals surface area contributed by atoms with E-state index in [0.29, 0.717) is 22.4 Å². The lowest BCUT2D eigenvalue weighted by atomic mass is 9.70. The Bertz CT molecular complexity index is 531. The van der Waals surface area contributed by atoms with E-state index >= 15 is 0 Å². The van der Waals surface area contributed by atoms with E-state index in [1.165, 1.54) is 25.3 Å². The fraction of sp³-hybridized carbons (Fsp3) is 0.625. The van der Waals surface area contributed by atoms with Crippen molar-refractivity contribution in [1.82, 2.24) is 0 Å². The molecule has 0 heterocycles. The predicted octanol–water partition coefficient (Wildman–Crippen LogP) is 4.12. The monoisotopic (exact) mass is 280 g/mol. The zero-order chi connectivity index (χ0) is 13.2. The average Bonchev–Trinajstić information content (AvgIpc) is 2.98. The van der Waals surface area contributed by atoms with Gasteiger partial charge in [0.2, 0.25) is 0 Å². The summed E-state index contributed by atoms with van der Waals surface area (Å²) < 4.78 is 14.2. The van der Waals surface area contributed by atoms with Gasteiger partial charge in [-0.2, -0.15) is 0 Å². The minimum Gasteiger partial charge on any atom is -0.385 e. The molecule has 0 amide bonds. The van der Waals surface area contributed by atoms with Crippen LogP contribution in [0, 0.1) is 29.5 Å².